The highest BCUT2D eigenvalue weighted by molar-refractivity contribution is 6.31. The summed E-state index contributed by atoms with van der Waals surface area (Å²) in [6.07, 6.45) is 1.76. The Bertz CT molecular complexity index is 889. The van der Waals surface area contributed by atoms with E-state index in [1.54, 1.807) is 35.2 Å². The summed E-state index contributed by atoms with van der Waals surface area (Å²) >= 11 is 5.98. The number of Topliss-reactive ketones (excluding diaryl/α,β-unsaturated/α-hetero) is 1. The highest BCUT2D eigenvalue weighted by Crippen LogP contribution is 2.40. The summed E-state index contributed by atoms with van der Waals surface area (Å²) in [5.41, 5.74) is 0.768. The number of carbonyl (C=O) groups is 2. The molecule has 0 N–H and O–H groups in total. The molecule has 0 radical (unpaired) electrons. The fourth-order valence-corrected chi connectivity index (χ4v) is 3.97. The molecule has 27 heavy (non-hydrogen) atoms. The number of hydrogen-bond acceptors (Lipinski definition) is 3. The van der Waals surface area contributed by atoms with Crippen LogP contribution in [0.4, 0.5) is 4.39 Å². The monoisotopic (exact) mass is 387 g/mol. The molecule has 4 nitrogen and oxygen atoms in total. The Hall–Kier alpha value is -2.40. The molecule has 6 heteroatoms. The first-order valence-electron chi connectivity index (χ1n) is 8.98. The van der Waals surface area contributed by atoms with Gasteiger partial charge in [-0.25, -0.2) is 4.39 Å². The van der Waals surface area contributed by atoms with E-state index >= 15 is 0 Å². The van der Waals surface area contributed by atoms with Crippen molar-refractivity contribution in [3.8, 4) is 5.75 Å². The van der Waals surface area contributed by atoms with Gasteiger partial charge >= 0.3 is 0 Å². The molecule has 0 aliphatic carbocycles. The lowest BCUT2D eigenvalue weighted by molar-refractivity contribution is -0.134. The average Bonchev–Trinajstić information content (AvgIpc) is 2.65. The number of rotatable bonds is 2. The van der Waals surface area contributed by atoms with Gasteiger partial charge in [0.15, 0.2) is 5.78 Å². The minimum Gasteiger partial charge on any atom is -0.486 e. The topological polar surface area (TPSA) is 46.6 Å². The minimum absolute atomic E-state index is 0.00535. The standard InChI is InChI=1S/C21H19ClFNO3/c22-15-3-6-19-17(12-15)18(25)13-21(27-19)7-9-24(10-8-21)20(26)11-14-1-4-16(23)5-2-14/h1-6,12H,7-11,13H2. The molecule has 0 atom stereocenters. The molecule has 1 amide bonds. The SMILES string of the molecule is O=C1CC2(CCN(C(=O)Cc3ccc(F)cc3)CC2)Oc2ccc(Cl)cc21. The predicted octanol–water partition coefficient (Wildman–Crippen LogP) is 4.05. The van der Waals surface area contributed by atoms with Crippen molar-refractivity contribution in [1.82, 2.24) is 4.90 Å². The van der Waals surface area contributed by atoms with E-state index in [2.05, 4.69) is 0 Å². The maximum Gasteiger partial charge on any atom is 0.226 e. The zero-order chi connectivity index (χ0) is 19.0. The molecule has 4 rings (SSSR count). The van der Waals surface area contributed by atoms with E-state index < -0.39 is 5.60 Å². The van der Waals surface area contributed by atoms with E-state index in [1.807, 2.05) is 0 Å². The van der Waals surface area contributed by atoms with Crippen LogP contribution < -0.4 is 4.74 Å². The van der Waals surface area contributed by atoms with Crippen molar-refractivity contribution in [2.45, 2.75) is 31.3 Å². The van der Waals surface area contributed by atoms with Crippen molar-refractivity contribution in [3.05, 3.63) is 64.4 Å². The Morgan fingerprint density at radius 2 is 1.85 bits per heavy atom. The van der Waals surface area contributed by atoms with Crippen molar-refractivity contribution >= 4 is 23.3 Å². The van der Waals surface area contributed by atoms with Crippen LogP contribution in [0.2, 0.25) is 5.02 Å². The van der Waals surface area contributed by atoms with Crippen molar-refractivity contribution in [2.75, 3.05) is 13.1 Å². The number of likely N-dealkylation sites (tertiary alicyclic amines) is 1. The highest BCUT2D eigenvalue weighted by Gasteiger charge is 2.43. The van der Waals surface area contributed by atoms with Gasteiger partial charge in [0.05, 0.1) is 18.4 Å². The third-order valence-electron chi connectivity index (χ3n) is 5.35. The third kappa shape index (κ3) is 3.69. The Labute approximate surface area is 161 Å². The van der Waals surface area contributed by atoms with Gasteiger partial charge in [-0.2, -0.15) is 0 Å². The number of amides is 1. The average molecular weight is 388 g/mol. The molecule has 2 aromatic carbocycles. The summed E-state index contributed by atoms with van der Waals surface area (Å²) < 4.78 is 19.2. The maximum atomic E-state index is 13.0. The first-order valence-corrected chi connectivity index (χ1v) is 9.36. The van der Waals surface area contributed by atoms with E-state index in [0.29, 0.717) is 48.7 Å². The summed E-state index contributed by atoms with van der Waals surface area (Å²) in [7, 11) is 0. The fourth-order valence-electron chi connectivity index (χ4n) is 3.80. The van der Waals surface area contributed by atoms with Crippen LogP contribution in [-0.4, -0.2) is 35.3 Å². The zero-order valence-corrected chi connectivity index (χ0v) is 15.5. The summed E-state index contributed by atoms with van der Waals surface area (Å²) in [6, 6.07) is 11.1. The van der Waals surface area contributed by atoms with Crippen molar-refractivity contribution < 1.29 is 18.7 Å². The molecular formula is C21H19ClFNO3. The first-order chi connectivity index (χ1) is 12.9. The van der Waals surface area contributed by atoms with Crippen LogP contribution in [0.1, 0.15) is 35.2 Å². The lowest BCUT2D eigenvalue weighted by Crippen LogP contribution is -2.52. The Morgan fingerprint density at radius 3 is 2.56 bits per heavy atom. The Morgan fingerprint density at radius 1 is 1.15 bits per heavy atom. The van der Waals surface area contributed by atoms with E-state index in [1.165, 1.54) is 12.1 Å². The Kier molecular flexibility index (Phi) is 4.64. The lowest BCUT2D eigenvalue weighted by Gasteiger charge is -2.44. The first kappa shape index (κ1) is 18.0. The van der Waals surface area contributed by atoms with Gasteiger partial charge in [0.2, 0.25) is 5.91 Å². The van der Waals surface area contributed by atoms with Crippen LogP contribution in [0.25, 0.3) is 0 Å². The summed E-state index contributed by atoms with van der Waals surface area (Å²) in [4.78, 5) is 26.9. The van der Waals surface area contributed by atoms with Gasteiger partial charge in [0.25, 0.3) is 0 Å². The molecule has 0 saturated carbocycles. The third-order valence-corrected chi connectivity index (χ3v) is 5.58. The molecule has 2 aliphatic rings. The van der Waals surface area contributed by atoms with Crippen molar-refractivity contribution in [1.29, 1.82) is 0 Å². The highest BCUT2D eigenvalue weighted by atomic mass is 35.5. The molecule has 2 aromatic rings. The quantitative estimate of drug-likeness (QED) is 0.781. The van der Waals surface area contributed by atoms with Crippen LogP contribution in [0.5, 0.6) is 5.75 Å². The molecule has 0 unspecified atom stereocenters. The van der Waals surface area contributed by atoms with Crippen LogP contribution in [0.15, 0.2) is 42.5 Å². The molecule has 1 spiro atoms. The largest absolute Gasteiger partial charge is 0.486 e. The lowest BCUT2D eigenvalue weighted by atomic mass is 9.82. The Balaban J connectivity index is 1.41. The van der Waals surface area contributed by atoms with Crippen molar-refractivity contribution in [3.63, 3.8) is 0 Å². The second-order valence-corrected chi connectivity index (χ2v) is 7.65. The van der Waals surface area contributed by atoms with Crippen LogP contribution >= 0.6 is 11.6 Å². The number of ether oxygens (including phenoxy) is 1. The van der Waals surface area contributed by atoms with Gasteiger partial charge in [-0.3, -0.25) is 9.59 Å². The second-order valence-electron chi connectivity index (χ2n) is 7.21. The molecular weight excluding hydrogens is 369 g/mol. The van der Waals surface area contributed by atoms with E-state index in [9.17, 15) is 14.0 Å². The molecule has 0 bridgehead atoms. The van der Waals surface area contributed by atoms with Gasteiger partial charge in [-0.15, -0.1) is 0 Å². The molecule has 1 fully saturated rings. The summed E-state index contributed by atoms with van der Waals surface area (Å²) in [5.74, 6) is 0.296. The zero-order valence-electron chi connectivity index (χ0n) is 14.7. The molecule has 0 aromatic heterocycles. The van der Waals surface area contributed by atoms with E-state index in [-0.39, 0.29) is 23.9 Å². The molecule has 2 heterocycles. The number of hydrogen-bond donors (Lipinski definition) is 0. The normalized spacial score (nSPS) is 18.1. The van der Waals surface area contributed by atoms with E-state index in [4.69, 9.17) is 16.3 Å². The molecule has 1 saturated heterocycles. The summed E-state index contributed by atoms with van der Waals surface area (Å²) in [6.45, 7) is 1.08. The van der Waals surface area contributed by atoms with Gasteiger partial charge in [0, 0.05) is 31.0 Å². The summed E-state index contributed by atoms with van der Waals surface area (Å²) in [5, 5.41) is 0.517. The number of piperidine rings is 1. The van der Waals surface area contributed by atoms with Crippen LogP contribution in [0, 0.1) is 5.82 Å². The van der Waals surface area contributed by atoms with E-state index in [0.717, 1.165) is 5.56 Å². The second kappa shape index (κ2) is 6.97. The fraction of sp³-hybridized carbons (Fsp3) is 0.333. The number of nitrogens with zero attached hydrogens (tertiary/aromatic N) is 1. The van der Waals surface area contributed by atoms with Crippen LogP contribution in [0.3, 0.4) is 0 Å². The molecule has 140 valence electrons. The van der Waals surface area contributed by atoms with Gasteiger partial charge in [-0.05, 0) is 35.9 Å². The van der Waals surface area contributed by atoms with Gasteiger partial charge < -0.3 is 9.64 Å². The minimum atomic E-state index is -0.551. The van der Waals surface area contributed by atoms with Crippen LogP contribution in [-0.2, 0) is 11.2 Å². The van der Waals surface area contributed by atoms with Gasteiger partial charge in [0.1, 0.15) is 17.2 Å². The van der Waals surface area contributed by atoms with Gasteiger partial charge in [-0.1, -0.05) is 23.7 Å². The number of fused-ring (bicyclic) bond motifs is 1. The number of benzene rings is 2. The number of ketones is 1. The van der Waals surface area contributed by atoms with Crippen molar-refractivity contribution in [2.24, 2.45) is 0 Å². The smallest absolute Gasteiger partial charge is 0.226 e. The predicted molar refractivity (Wildman–Crippen MR) is 99.7 cm³/mol. The maximum absolute atomic E-state index is 13.0. The molecule has 2 aliphatic heterocycles. The number of carbonyl (C=O) groups excluding carboxylic acids is 2. The number of halogens is 2.